The average Bonchev–Trinajstić information content (AvgIpc) is 2.33. The molecule has 2 aromatic rings. The van der Waals surface area contributed by atoms with Gasteiger partial charge >= 0.3 is 0 Å². The van der Waals surface area contributed by atoms with Crippen LogP contribution in [-0.4, -0.2) is 27.0 Å². The van der Waals surface area contributed by atoms with Crippen LogP contribution >= 0.6 is 0 Å². The van der Waals surface area contributed by atoms with Gasteiger partial charge in [-0.2, -0.15) is 0 Å². The summed E-state index contributed by atoms with van der Waals surface area (Å²) in [6, 6.07) is 1.88. The molecule has 0 saturated carbocycles. The molecule has 1 N–H and O–H groups in total. The first-order chi connectivity index (χ1) is 7.42. The Hall–Kier alpha value is -1.88. The molecule has 0 amide bonds. The Morgan fingerprint density at radius 1 is 1.13 bits per heavy atom. The topological polar surface area (TPSA) is 63.6 Å². The highest BCUT2D eigenvalue weighted by atomic mass is 14.9. The zero-order valence-corrected chi connectivity index (χ0v) is 8.33. The zero-order chi connectivity index (χ0) is 10.5. The van der Waals surface area contributed by atoms with E-state index >= 15 is 0 Å². The van der Waals surface area contributed by atoms with Crippen LogP contribution in [0.15, 0.2) is 37.3 Å². The molecule has 76 valence electrons. The van der Waals surface area contributed by atoms with Crippen LogP contribution in [0, 0.1) is 0 Å². The Morgan fingerprint density at radius 2 is 1.93 bits per heavy atom. The van der Waals surface area contributed by atoms with E-state index in [-0.39, 0.29) is 6.04 Å². The van der Waals surface area contributed by atoms with Gasteiger partial charge in [-0.15, -0.1) is 0 Å². The molecule has 5 nitrogen and oxygen atoms in total. The van der Waals surface area contributed by atoms with Crippen molar-refractivity contribution in [3.8, 4) is 0 Å². The quantitative estimate of drug-likeness (QED) is 0.786. The van der Waals surface area contributed by atoms with Gasteiger partial charge in [0.15, 0.2) is 0 Å². The summed E-state index contributed by atoms with van der Waals surface area (Å²) in [7, 11) is 1.87. The Kier molecular flexibility index (Phi) is 2.94. The zero-order valence-electron chi connectivity index (χ0n) is 8.33. The fraction of sp³-hybridized carbons (Fsp3) is 0.200. The molecular formula is C10H11N5. The van der Waals surface area contributed by atoms with Crippen molar-refractivity contribution in [2.45, 2.75) is 6.04 Å². The normalized spacial score (nSPS) is 12.3. The molecule has 0 spiro atoms. The summed E-state index contributed by atoms with van der Waals surface area (Å²) in [6.07, 6.45) is 8.31. The maximum atomic E-state index is 4.20. The van der Waals surface area contributed by atoms with Gasteiger partial charge in [-0.1, -0.05) is 0 Å². The lowest BCUT2D eigenvalue weighted by molar-refractivity contribution is 0.662. The largest absolute Gasteiger partial charge is 0.308 e. The number of hydrogen-bond acceptors (Lipinski definition) is 5. The fourth-order valence-electron chi connectivity index (χ4n) is 1.42. The molecule has 0 aliphatic carbocycles. The molecule has 0 aliphatic rings. The van der Waals surface area contributed by atoms with Crippen LogP contribution in [0.5, 0.6) is 0 Å². The van der Waals surface area contributed by atoms with Gasteiger partial charge in [-0.05, 0) is 13.1 Å². The molecule has 2 heterocycles. The summed E-state index contributed by atoms with van der Waals surface area (Å²) >= 11 is 0. The van der Waals surface area contributed by atoms with Gasteiger partial charge in [0.05, 0.1) is 11.7 Å². The second kappa shape index (κ2) is 4.56. The molecule has 0 radical (unpaired) electrons. The molecule has 15 heavy (non-hydrogen) atoms. The molecule has 5 heteroatoms. The van der Waals surface area contributed by atoms with E-state index in [9.17, 15) is 0 Å². The number of aromatic nitrogens is 4. The molecule has 0 fully saturated rings. The Bertz CT molecular complexity index is 363. The van der Waals surface area contributed by atoms with Gasteiger partial charge in [-0.25, -0.2) is 19.9 Å². The molecule has 1 unspecified atom stereocenters. The molecule has 0 aliphatic heterocycles. The van der Waals surface area contributed by atoms with Crippen molar-refractivity contribution in [1.29, 1.82) is 0 Å². The summed E-state index contributed by atoms with van der Waals surface area (Å²) in [5.74, 6) is 0. The van der Waals surface area contributed by atoms with Crippen LogP contribution in [0.25, 0.3) is 0 Å². The van der Waals surface area contributed by atoms with Crippen LogP contribution in [0.4, 0.5) is 0 Å². The average molecular weight is 201 g/mol. The first-order valence-corrected chi connectivity index (χ1v) is 4.60. The van der Waals surface area contributed by atoms with E-state index in [0.717, 1.165) is 11.3 Å². The Morgan fingerprint density at radius 3 is 2.53 bits per heavy atom. The van der Waals surface area contributed by atoms with E-state index in [2.05, 4.69) is 25.3 Å². The predicted molar refractivity (Wildman–Crippen MR) is 55.0 cm³/mol. The summed E-state index contributed by atoms with van der Waals surface area (Å²) in [5.41, 5.74) is 1.89. The Labute approximate surface area is 87.6 Å². The maximum Gasteiger partial charge on any atom is 0.115 e. The highest BCUT2D eigenvalue weighted by molar-refractivity contribution is 5.21. The van der Waals surface area contributed by atoms with Crippen molar-refractivity contribution < 1.29 is 0 Å². The van der Waals surface area contributed by atoms with Crippen LogP contribution in [0.2, 0.25) is 0 Å². The van der Waals surface area contributed by atoms with Crippen molar-refractivity contribution in [1.82, 2.24) is 25.3 Å². The predicted octanol–water partition coefficient (Wildman–Crippen LogP) is 0.575. The lowest BCUT2D eigenvalue weighted by Gasteiger charge is -2.14. The number of hydrogen-bond donors (Lipinski definition) is 1. The second-order valence-electron chi connectivity index (χ2n) is 3.03. The van der Waals surface area contributed by atoms with Gasteiger partial charge in [0.25, 0.3) is 0 Å². The number of nitrogens with one attached hydrogen (secondary N) is 1. The third kappa shape index (κ3) is 2.13. The van der Waals surface area contributed by atoms with E-state index in [1.54, 1.807) is 18.6 Å². The SMILES string of the molecule is CNC(c1cncnc1)c1ccncn1. The Balaban J connectivity index is 2.34. The van der Waals surface area contributed by atoms with Crippen molar-refractivity contribution >= 4 is 0 Å². The summed E-state index contributed by atoms with van der Waals surface area (Å²) in [5, 5.41) is 3.16. The molecule has 1 atom stereocenters. The molecule has 2 rings (SSSR count). The summed E-state index contributed by atoms with van der Waals surface area (Å²) in [6.45, 7) is 0. The van der Waals surface area contributed by atoms with E-state index in [1.165, 1.54) is 12.7 Å². The van der Waals surface area contributed by atoms with Gasteiger partial charge < -0.3 is 5.32 Å². The smallest absolute Gasteiger partial charge is 0.115 e. The molecule has 0 saturated heterocycles. The minimum Gasteiger partial charge on any atom is -0.308 e. The minimum atomic E-state index is 0.00852. The van der Waals surface area contributed by atoms with Gasteiger partial charge in [0, 0.05) is 24.2 Å². The van der Waals surface area contributed by atoms with E-state index in [4.69, 9.17) is 0 Å². The monoisotopic (exact) mass is 201 g/mol. The van der Waals surface area contributed by atoms with Gasteiger partial charge in [0.1, 0.15) is 12.7 Å². The van der Waals surface area contributed by atoms with Gasteiger partial charge in [0.2, 0.25) is 0 Å². The number of nitrogens with zero attached hydrogens (tertiary/aromatic N) is 4. The van der Waals surface area contributed by atoms with E-state index in [1.807, 2.05) is 13.1 Å². The van der Waals surface area contributed by atoms with Crippen molar-refractivity contribution in [3.05, 3.63) is 48.6 Å². The third-order valence-electron chi connectivity index (χ3n) is 2.10. The standard InChI is InChI=1S/C10H11N5/c1-11-10(8-4-13-6-14-5-8)9-2-3-12-7-15-9/h2-7,10-11H,1H3. The fourth-order valence-corrected chi connectivity index (χ4v) is 1.42. The van der Waals surface area contributed by atoms with E-state index < -0.39 is 0 Å². The first-order valence-electron chi connectivity index (χ1n) is 4.60. The maximum absolute atomic E-state index is 4.20. The van der Waals surface area contributed by atoms with Gasteiger partial charge in [-0.3, -0.25) is 0 Å². The molecule has 0 aromatic carbocycles. The summed E-state index contributed by atoms with van der Waals surface area (Å²) in [4.78, 5) is 16.1. The van der Waals surface area contributed by atoms with E-state index in [0.29, 0.717) is 0 Å². The van der Waals surface area contributed by atoms with Crippen LogP contribution < -0.4 is 5.32 Å². The molecular weight excluding hydrogens is 190 g/mol. The second-order valence-corrected chi connectivity index (χ2v) is 3.03. The highest BCUT2D eigenvalue weighted by Crippen LogP contribution is 2.16. The van der Waals surface area contributed by atoms with Crippen molar-refractivity contribution in [2.75, 3.05) is 7.05 Å². The highest BCUT2D eigenvalue weighted by Gasteiger charge is 2.12. The first kappa shape index (κ1) is 9.67. The third-order valence-corrected chi connectivity index (χ3v) is 2.10. The molecule has 2 aromatic heterocycles. The van der Waals surface area contributed by atoms with Crippen LogP contribution in [0.1, 0.15) is 17.3 Å². The lowest BCUT2D eigenvalue weighted by Crippen LogP contribution is -2.19. The van der Waals surface area contributed by atoms with Crippen LogP contribution in [-0.2, 0) is 0 Å². The number of rotatable bonds is 3. The van der Waals surface area contributed by atoms with Crippen molar-refractivity contribution in [2.24, 2.45) is 0 Å². The van der Waals surface area contributed by atoms with Crippen LogP contribution in [0.3, 0.4) is 0 Å². The van der Waals surface area contributed by atoms with Crippen molar-refractivity contribution in [3.63, 3.8) is 0 Å². The minimum absolute atomic E-state index is 0.00852. The molecule has 0 bridgehead atoms. The lowest BCUT2D eigenvalue weighted by atomic mass is 10.1. The summed E-state index contributed by atoms with van der Waals surface area (Å²) < 4.78 is 0.